The minimum Gasteiger partial charge on any atom is -0.380 e. The SMILES string of the molecule is CC1(CNC(=O)C(O)c2cccc(F)c2)COC1. The fourth-order valence-electron chi connectivity index (χ4n) is 1.78. The zero-order valence-electron chi connectivity index (χ0n) is 10.1. The number of hydrogen-bond donors (Lipinski definition) is 2. The highest BCUT2D eigenvalue weighted by Gasteiger charge is 2.34. The van der Waals surface area contributed by atoms with E-state index in [1.165, 1.54) is 18.2 Å². The van der Waals surface area contributed by atoms with Gasteiger partial charge in [0.15, 0.2) is 6.10 Å². The molecule has 0 saturated carbocycles. The number of halogens is 1. The van der Waals surface area contributed by atoms with Gasteiger partial charge in [-0.15, -0.1) is 0 Å². The molecule has 0 aromatic heterocycles. The molecule has 1 atom stereocenters. The fraction of sp³-hybridized carbons (Fsp3) is 0.462. The Hall–Kier alpha value is -1.46. The van der Waals surface area contributed by atoms with Crippen LogP contribution in [0.5, 0.6) is 0 Å². The van der Waals surface area contributed by atoms with Crippen molar-refractivity contribution >= 4 is 5.91 Å². The lowest BCUT2D eigenvalue weighted by atomic mass is 9.88. The molecule has 5 heteroatoms. The van der Waals surface area contributed by atoms with Crippen molar-refractivity contribution in [3.63, 3.8) is 0 Å². The van der Waals surface area contributed by atoms with Crippen LogP contribution in [-0.4, -0.2) is 30.8 Å². The van der Waals surface area contributed by atoms with E-state index in [1.807, 2.05) is 6.92 Å². The molecule has 4 nitrogen and oxygen atoms in total. The first-order valence-corrected chi connectivity index (χ1v) is 5.79. The highest BCUT2D eigenvalue weighted by atomic mass is 19.1. The van der Waals surface area contributed by atoms with E-state index in [0.717, 1.165) is 6.07 Å². The molecule has 2 N–H and O–H groups in total. The van der Waals surface area contributed by atoms with E-state index in [1.54, 1.807) is 0 Å². The Kier molecular flexibility index (Phi) is 3.63. The van der Waals surface area contributed by atoms with Crippen LogP contribution in [0.3, 0.4) is 0 Å². The zero-order valence-corrected chi connectivity index (χ0v) is 10.1. The molecule has 98 valence electrons. The van der Waals surface area contributed by atoms with Crippen LogP contribution in [0.2, 0.25) is 0 Å². The Balaban J connectivity index is 1.92. The van der Waals surface area contributed by atoms with E-state index in [-0.39, 0.29) is 11.0 Å². The predicted molar refractivity (Wildman–Crippen MR) is 63.3 cm³/mol. The summed E-state index contributed by atoms with van der Waals surface area (Å²) in [6.07, 6.45) is -1.34. The van der Waals surface area contributed by atoms with Crippen LogP contribution in [-0.2, 0) is 9.53 Å². The molecule has 0 spiro atoms. The third kappa shape index (κ3) is 2.86. The van der Waals surface area contributed by atoms with Gasteiger partial charge in [-0.25, -0.2) is 4.39 Å². The first kappa shape index (κ1) is 13.0. The number of carbonyl (C=O) groups excluding carboxylic acids is 1. The van der Waals surface area contributed by atoms with Crippen molar-refractivity contribution in [1.82, 2.24) is 5.32 Å². The first-order valence-electron chi connectivity index (χ1n) is 5.79. The molecule has 1 unspecified atom stereocenters. The van der Waals surface area contributed by atoms with Crippen LogP contribution < -0.4 is 5.32 Å². The fourth-order valence-corrected chi connectivity index (χ4v) is 1.78. The lowest BCUT2D eigenvalue weighted by Gasteiger charge is -2.38. The average Bonchev–Trinajstić information content (AvgIpc) is 2.32. The molecular formula is C13H16FNO3. The third-order valence-corrected chi connectivity index (χ3v) is 3.00. The Morgan fingerprint density at radius 2 is 2.33 bits per heavy atom. The summed E-state index contributed by atoms with van der Waals surface area (Å²) in [4.78, 5) is 11.7. The van der Waals surface area contributed by atoms with Crippen LogP contribution >= 0.6 is 0 Å². The molecule has 1 aromatic carbocycles. The second-order valence-electron chi connectivity index (χ2n) is 4.98. The number of aliphatic hydroxyl groups is 1. The molecule has 1 aliphatic heterocycles. The van der Waals surface area contributed by atoms with E-state index in [2.05, 4.69) is 5.32 Å². The van der Waals surface area contributed by atoms with E-state index in [4.69, 9.17) is 4.74 Å². The molecule has 1 aliphatic rings. The number of amides is 1. The Morgan fingerprint density at radius 1 is 1.61 bits per heavy atom. The van der Waals surface area contributed by atoms with Crippen molar-refractivity contribution in [2.24, 2.45) is 5.41 Å². The highest BCUT2D eigenvalue weighted by Crippen LogP contribution is 2.25. The number of nitrogens with one attached hydrogen (secondary N) is 1. The van der Waals surface area contributed by atoms with Gasteiger partial charge in [0.25, 0.3) is 5.91 Å². The van der Waals surface area contributed by atoms with Crippen molar-refractivity contribution in [2.45, 2.75) is 13.0 Å². The summed E-state index contributed by atoms with van der Waals surface area (Å²) in [5.74, 6) is -0.993. The topological polar surface area (TPSA) is 58.6 Å². The molecule has 2 rings (SSSR count). The van der Waals surface area contributed by atoms with Gasteiger partial charge in [-0.2, -0.15) is 0 Å². The maximum atomic E-state index is 13.0. The van der Waals surface area contributed by atoms with Gasteiger partial charge < -0.3 is 15.2 Å². The second kappa shape index (κ2) is 5.04. The van der Waals surface area contributed by atoms with Crippen molar-refractivity contribution in [3.05, 3.63) is 35.6 Å². The van der Waals surface area contributed by atoms with Gasteiger partial charge >= 0.3 is 0 Å². The summed E-state index contributed by atoms with van der Waals surface area (Å²) in [5.41, 5.74) is 0.194. The second-order valence-corrected chi connectivity index (χ2v) is 4.98. The number of ether oxygens (including phenoxy) is 1. The van der Waals surface area contributed by atoms with E-state index >= 15 is 0 Å². The Bertz CT molecular complexity index is 446. The average molecular weight is 253 g/mol. The van der Waals surface area contributed by atoms with Crippen molar-refractivity contribution in [2.75, 3.05) is 19.8 Å². The monoisotopic (exact) mass is 253 g/mol. The van der Waals surface area contributed by atoms with Gasteiger partial charge in [0.05, 0.1) is 13.2 Å². The summed E-state index contributed by atoms with van der Waals surface area (Å²) in [6, 6.07) is 5.39. The highest BCUT2D eigenvalue weighted by molar-refractivity contribution is 5.81. The summed E-state index contributed by atoms with van der Waals surface area (Å²) in [6.45, 7) is 3.64. The molecule has 1 heterocycles. The molecule has 0 radical (unpaired) electrons. The quantitative estimate of drug-likeness (QED) is 0.842. The van der Waals surface area contributed by atoms with Gasteiger partial charge in [0, 0.05) is 12.0 Å². The van der Waals surface area contributed by atoms with Gasteiger partial charge in [0.1, 0.15) is 5.82 Å². The minimum atomic E-state index is -1.34. The zero-order chi connectivity index (χ0) is 13.2. The molecule has 0 bridgehead atoms. The molecule has 18 heavy (non-hydrogen) atoms. The lowest BCUT2D eigenvalue weighted by molar-refractivity contribution is -0.134. The predicted octanol–water partition coefficient (Wildman–Crippen LogP) is 1.01. The number of carbonyl (C=O) groups is 1. The molecule has 1 fully saturated rings. The Labute approximate surface area is 105 Å². The van der Waals surface area contributed by atoms with E-state index in [9.17, 15) is 14.3 Å². The van der Waals surface area contributed by atoms with Crippen LogP contribution in [0.15, 0.2) is 24.3 Å². The van der Waals surface area contributed by atoms with Crippen LogP contribution in [0, 0.1) is 11.2 Å². The van der Waals surface area contributed by atoms with Gasteiger partial charge in [0.2, 0.25) is 0 Å². The third-order valence-electron chi connectivity index (χ3n) is 3.00. The summed E-state index contributed by atoms with van der Waals surface area (Å²) in [5, 5.41) is 12.4. The molecular weight excluding hydrogens is 237 g/mol. The summed E-state index contributed by atoms with van der Waals surface area (Å²) < 4.78 is 18.0. The smallest absolute Gasteiger partial charge is 0.253 e. The van der Waals surface area contributed by atoms with Crippen molar-refractivity contribution in [3.8, 4) is 0 Å². The van der Waals surface area contributed by atoms with Gasteiger partial charge in [-0.1, -0.05) is 19.1 Å². The number of hydrogen-bond acceptors (Lipinski definition) is 3. The van der Waals surface area contributed by atoms with Gasteiger partial charge in [-0.3, -0.25) is 4.79 Å². The molecule has 1 aromatic rings. The van der Waals surface area contributed by atoms with E-state index < -0.39 is 17.8 Å². The minimum absolute atomic E-state index is 0.0582. The standard InChI is InChI=1S/C13H16FNO3/c1-13(7-18-8-13)6-15-12(17)11(16)9-3-2-4-10(14)5-9/h2-5,11,16H,6-8H2,1H3,(H,15,17). The van der Waals surface area contributed by atoms with Crippen LogP contribution in [0.4, 0.5) is 4.39 Å². The lowest BCUT2D eigenvalue weighted by Crippen LogP contribution is -2.49. The molecule has 0 aliphatic carbocycles. The summed E-state index contributed by atoms with van der Waals surface area (Å²) >= 11 is 0. The molecule has 1 amide bonds. The van der Waals surface area contributed by atoms with Crippen molar-refractivity contribution in [1.29, 1.82) is 0 Å². The first-order chi connectivity index (χ1) is 8.50. The number of benzene rings is 1. The Morgan fingerprint density at radius 3 is 2.89 bits per heavy atom. The molecule has 1 saturated heterocycles. The van der Waals surface area contributed by atoms with Crippen LogP contribution in [0.1, 0.15) is 18.6 Å². The van der Waals surface area contributed by atoms with Gasteiger partial charge in [-0.05, 0) is 17.7 Å². The van der Waals surface area contributed by atoms with Crippen LogP contribution in [0.25, 0.3) is 0 Å². The normalized spacial score (nSPS) is 18.8. The maximum Gasteiger partial charge on any atom is 0.253 e. The summed E-state index contributed by atoms with van der Waals surface area (Å²) in [7, 11) is 0. The number of aliphatic hydroxyl groups excluding tert-OH is 1. The number of rotatable bonds is 4. The largest absolute Gasteiger partial charge is 0.380 e. The van der Waals surface area contributed by atoms with E-state index in [0.29, 0.717) is 19.8 Å². The maximum absolute atomic E-state index is 13.0. The van der Waals surface area contributed by atoms with Crippen molar-refractivity contribution < 1.29 is 19.0 Å².